The molecule has 2 saturated heterocycles. The van der Waals surface area contributed by atoms with E-state index in [9.17, 15) is 4.79 Å². The molecular formula is C19H23N3O3. The Bertz CT molecular complexity index is 704. The second kappa shape index (κ2) is 6.98. The van der Waals surface area contributed by atoms with E-state index in [0.717, 1.165) is 32.6 Å². The second-order valence-corrected chi connectivity index (χ2v) is 6.85. The van der Waals surface area contributed by atoms with Crippen molar-refractivity contribution >= 4 is 5.91 Å². The number of fused-ring (bicyclic) bond motifs is 1. The predicted molar refractivity (Wildman–Crippen MR) is 92.0 cm³/mol. The molecule has 0 aromatic carbocycles. The van der Waals surface area contributed by atoms with Gasteiger partial charge in [0.15, 0.2) is 0 Å². The number of carbonyl (C=O) groups excluding carboxylic acids is 1. The van der Waals surface area contributed by atoms with Crippen LogP contribution < -0.4 is 0 Å². The van der Waals surface area contributed by atoms with Gasteiger partial charge in [-0.1, -0.05) is 0 Å². The van der Waals surface area contributed by atoms with E-state index in [0.29, 0.717) is 11.5 Å². The van der Waals surface area contributed by atoms with Crippen LogP contribution in [-0.4, -0.2) is 59.6 Å². The normalized spacial score (nSPS) is 26.6. The SMILES string of the molecule is CO[C@H]1CCN(C(=O)c2ccoc2)[C@@H]2CN(Cc3ccncc3)C[C@H]12. The molecule has 25 heavy (non-hydrogen) atoms. The second-order valence-electron chi connectivity index (χ2n) is 6.85. The number of hydrogen-bond acceptors (Lipinski definition) is 5. The van der Waals surface area contributed by atoms with Gasteiger partial charge in [-0.25, -0.2) is 0 Å². The minimum Gasteiger partial charge on any atom is -0.472 e. The van der Waals surface area contributed by atoms with E-state index < -0.39 is 0 Å². The average Bonchev–Trinajstić information content (AvgIpc) is 3.31. The summed E-state index contributed by atoms with van der Waals surface area (Å²) in [7, 11) is 1.78. The van der Waals surface area contributed by atoms with Gasteiger partial charge >= 0.3 is 0 Å². The summed E-state index contributed by atoms with van der Waals surface area (Å²) in [6, 6.07) is 6.01. The lowest BCUT2D eigenvalue weighted by molar-refractivity contribution is -0.0157. The first-order valence-corrected chi connectivity index (χ1v) is 8.73. The van der Waals surface area contributed by atoms with Gasteiger partial charge in [-0.2, -0.15) is 0 Å². The van der Waals surface area contributed by atoms with E-state index >= 15 is 0 Å². The van der Waals surface area contributed by atoms with Crippen molar-refractivity contribution in [2.45, 2.75) is 25.1 Å². The van der Waals surface area contributed by atoms with Crippen molar-refractivity contribution < 1.29 is 13.9 Å². The zero-order valence-electron chi connectivity index (χ0n) is 14.4. The van der Waals surface area contributed by atoms with E-state index in [1.807, 2.05) is 29.4 Å². The molecule has 2 aromatic rings. The minimum absolute atomic E-state index is 0.0593. The molecule has 2 aliphatic heterocycles. The Morgan fingerprint density at radius 1 is 1.32 bits per heavy atom. The molecule has 0 bridgehead atoms. The summed E-state index contributed by atoms with van der Waals surface area (Å²) in [4.78, 5) is 21.4. The molecule has 0 spiro atoms. The molecule has 132 valence electrons. The third kappa shape index (κ3) is 3.19. The van der Waals surface area contributed by atoms with Crippen molar-refractivity contribution in [2.75, 3.05) is 26.7 Å². The Labute approximate surface area is 147 Å². The Morgan fingerprint density at radius 2 is 2.16 bits per heavy atom. The lowest BCUT2D eigenvalue weighted by Crippen LogP contribution is -2.53. The van der Waals surface area contributed by atoms with Crippen LogP contribution in [0.25, 0.3) is 0 Å². The first kappa shape index (κ1) is 16.3. The van der Waals surface area contributed by atoms with E-state index in [4.69, 9.17) is 9.15 Å². The number of rotatable bonds is 4. The number of furan rings is 1. The number of aromatic nitrogens is 1. The molecule has 2 aromatic heterocycles. The molecular weight excluding hydrogens is 318 g/mol. The van der Waals surface area contributed by atoms with Crippen molar-refractivity contribution in [3.8, 4) is 0 Å². The van der Waals surface area contributed by atoms with E-state index in [1.165, 1.54) is 11.8 Å². The third-order valence-electron chi connectivity index (χ3n) is 5.43. The van der Waals surface area contributed by atoms with Gasteiger partial charge in [0.2, 0.25) is 0 Å². The zero-order chi connectivity index (χ0) is 17.2. The molecule has 0 saturated carbocycles. The van der Waals surface area contributed by atoms with Gasteiger partial charge in [0.05, 0.1) is 24.0 Å². The number of ether oxygens (including phenoxy) is 1. The summed E-state index contributed by atoms with van der Waals surface area (Å²) in [5.74, 6) is 0.403. The molecule has 4 rings (SSSR count). The lowest BCUT2D eigenvalue weighted by Gasteiger charge is -2.41. The maximum absolute atomic E-state index is 12.9. The third-order valence-corrected chi connectivity index (χ3v) is 5.43. The minimum atomic E-state index is 0.0593. The topological polar surface area (TPSA) is 58.8 Å². The summed E-state index contributed by atoms with van der Waals surface area (Å²) in [5.41, 5.74) is 1.87. The number of methoxy groups -OCH3 is 1. The van der Waals surface area contributed by atoms with Crippen molar-refractivity contribution in [3.05, 3.63) is 54.2 Å². The largest absolute Gasteiger partial charge is 0.472 e. The van der Waals surface area contributed by atoms with Crippen LogP contribution in [0, 0.1) is 5.92 Å². The highest BCUT2D eigenvalue weighted by Gasteiger charge is 2.46. The fraction of sp³-hybridized carbons (Fsp3) is 0.474. The smallest absolute Gasteiger partial charge is 0.257 e. The zero-order valence-corrected chi connectivity index (χ0v) is 14.4. The number of piperidine rings is 1. The summed E-state index contributed by atoms with van der Waals surface area (Å²) in [6.45, 7) is 3.42. The first-order valence-electron chi connectivity index (χ1n) is 8.73. The average molecular weight is 341 g/mol. The number of nitrogens with zero attached hydrogens (tertiary/aromatic N) is 3. The van der Waals surface area contributed by atoms with Gasteiger partial charge in [-0.3, -0.25) is 14.7 Å². The lowest BCUT2D eigenvalue weighted by atomic mass is 9.88. The molecule has 6 heteroatoms. The van der Waals surface area contributed by atoms with Crippen LogP contribution >= 0.6 is 0 Å². The van der Waals surface area contributed by atoms with Crippen LogP contribution in [-0.2, 0) is 11.3 Å². The van der Waals surface area contributed by atoms with E-state index in [1.54, 1.807) is 19.4 Å². The van der Waals surface area contributed by atoms with Crippen molar-refractivity contribution in [3.63, 3.8) is 0 Å². The van der Waals surface area contributed by atoms with Gasteiger partial charge in [-0.15, -0.1) is 0 Å². The highest BCUT2D eigenvalue weighted by Crippen LogP contribution is 2.34. The molecule has 3 atom stereocenters. The van der Waals surface area contributed by atoms with E-state index in [-0.39, 0.29) is 18.1 Å². The Kier molecular flexibility index (Phi) is 4.55. The molecule has 2 aliphatic rings. The predicted octanol–water partition coefficient (Wildman–Crippen LogP) is 2.04. The molecule has 0 N–H and O–H groups in total. The monoisotopic (exact) mass is 341 g/mol. The van der Waals surface area contributed by atoms with Crippen molar-refractivity contribution in [1.29, 1.82) is 0 Å². The van der Waals surface area contributed by atoms with Crippen LogP contribution in [0.15, 0.2) is 47.5 Å². The highest BCUT2D eigenvalue weighted by molar-refractivity contribution is 5.94. The fourth-order valence-electron chi connectivity index (χ4n) is 4.21. The van der Waals surface area contributed by atoms with Gasteiger partial charge in [0.25, 0.3) is 5.91 Å². The fourth-order valence-corrected chi connectivity index (χ4v) is 4.21. The van der Waals surface area contributed by atoms with Gasteiger partial charge < -0.3 is 14.1 Å². The molecule has 0 aliphatic carbocycles. The van der Waals surface area contributed by atoms with Crippen LogP contribution in [0.2, 0.25) is 0 Å². The van der Waals surface area contributed by atoms with Gasteiger partial charge in [0, 0.05) is 51.6 Å². The number of hydrogen-bond donors (Lipinski definition) is 0. The van der Waals surface area contributed by atoms with Crippen LogP contribution in [0.3, 0.4) is 0 Å². The molecule has 2 fully saturated rings. The summed E-state index contributed by atoms with van der Waals surface area (Å²) < 4.78 is 10.8. The summed E-state index contributed by atoms with van der Waals surface area (Å²) >= 11 is 0. The number of pyridine rings is 1. The quantitative estimate of drug-likeness (QED) is 0.852. The van der Waals surface area contributed by atoms with Crippen molar-refractivity contribution in [2.24, 2.45) is 5.92 Å². The maximum atomic E-state index is 12.9. The Morgan fingerprint density at radius 3 is 2.88 bits per heavy atom. The van der Waals surface area contributed by atoms with E-state index in [2.05, 4.69) is 9.88 Å². The number of amides is 1. The Balaban J connectivity index is 1.52. The molecule has 6 nitrogen and oxygen atoms in total. The van der Waals surface area contributed by atoms with Gasteiger partial charge in [0.1, 0.15) is 6.26 Å². The molecule has 4 heterocycles. The molecule has 0 unspecified atom stereocenters. The number of carbonyl (C=O) groups is 1. The first-order chi connectivity index (χ1) is 12.3. The highest BCUT2D eigenvalue weighted by atomic mass is 16.5. The van der Waals surface area contributed by atoms with Crippen molar-refractivity contribution in [1.82, 2.24) is 14.8 Å². The summed E-state index contributed by atoms with van der Waals surface area (Å²) in [5, 5.41) is 0. The summed E-state index contributed by atoms with van der Waals surface area (Å²) in [6.07, 6.45) is 7.82. The van der Waals surface area contributed by atoms with Crippen LogP contribution in [0.5, 0.6) is 0 Å². The number of likely N-dealkylation sites (tertiary alicyclic amines) is 2. The van der Waals surface area contributed by atoms with Crippen LogP contribution in [0.4, 0.5) is 0 Å². The Hall–Kier alpha value is -2.18. The molecule has 0 radical (unpaired) electrons. The van der Waals surface area contributed by atoms with Crippen LogP contribution in [0.1, 0.15) is 22.3 Å². The molecule has 1 amide bonds. The maximum Gasteiger partial charge on any atom is 0.257 e. The standard InChI is InChI=1S/C19H23N3O3/c1-24-18-4-8-22(19(23)15-5-9-25-13-15)17-12-21(11-16(17)18)10-14-2-6-20-7-3-14/h2-3,5-7,9,13,16-18H,4,8,10-12H2,1H3/t16-,17+,18-/m0/s1. The van der Waals surface area contributed by atoms with Gasteiger partial charge in [-0.05, 0) is 30.2 Å².